The molecule has 1 aliphatic rings. The van der Waals surface area contributed by atoms with Crippen LogP contribution in [0.2, 0.25) is 0 Å². The van der Waals surface area contributed by atoms with E-state index in [1.165, 1.54) is 6.07 Å². The molecule has 0 spiro atoms. The molecule has 0 saturated carbocycles. The summed E-state index contributed by atoms with van der Waals surface area (Å²) in [6, 6.07) is 2.95. The van der Waals surface area contributed by atoms with Crippen LogP contribution in [0.5, 0.6) is 0 Å². The summed E-state index contributed by atoms with van der Waals surface area (Å²) < 4.78 is 41.2. The minimum Gasteiger partial charge on any atom is -0.381 e. The second-order valence-corrected chi connectivity index (χ2v) is 6.61. The molecular weight excluding hydrogens is 299 g/mol. The Morgan fingerprint density at radius 2 is 2.24 bits per heavy atom. The molecular formula is C13H17FN2O4S. The van der Waals surface area contributed by atoms with Crippen LogP contribution in [0, 0.1) is 11.7 Å². The molecule has 3 N–H and O–H groups in total. The lowest BCUT2D eigenvalue weighted by Gasteiger charge is -2.19. The first-order chi connectivity index (χ1) is 9.79. The van der Waals surface area contributed by atoms with Crippen LogP contribution in [0.4, 0.5) is 4.39 Å². The Morgan fingerprint density at radius 1 is 1.52 bits per heavy atom. The summed E-state index contributed by atoms with van der Waals surface area (Å²) >= 11 is 0. The van der Waals surface area contributed by atoms with E-state index in [2.05, 4.69) is 5.32 Å². The fourth-order valence-electron chi connectivity index (χ4n) is 2.22. The molecule has 1 aliphatic heterocycles. The number of primary sulfonamides is 1. The second-order valence-electron chi connectivity index (χ2n) is 5.08. The van der Waals surface area contributed by atoms with Gasteiger partial charge in [-0.1, -0.05) is 0 Å². The molecule has 1 aromatic rings. The van der Waals surface area contributed by atoms with Gasteiger partial charge in [0.25, 0.3) is 5.91 Å². The first kappa shape index (κ1) is 15.9. The van der Waals surface area contributed by atoms with Crippen molar-refractivity contribution in [3.05, 3.63) is 29.6 Å². The molecule has 1 aromatic carbocycles. The maximum Gasteiger partial charge on any atom is 0.251 e. The number of halogens is 1. The van der Waals surface area contributed by atoms with Gasteiger partial charge in [0.15, 0.2) is 0 Å². The van der Waals surface area contributed by atoms with Crippen LogP contribution in [-0.4, -0.2) is 33.6 Å². The van der Waals surface area contributed by atoms with E-state index < -0.39 is 26.6 Å². The molecule has 1 heterocycles. The largest absolute Gasteiger partial charge is 0.381 e. The van der Waals surface area contributed by atoms with Gasteiger partial charge in [0.1, 0.15) is 10.7 Å². The molecule has 2 rings (SSSR count). The van der Waals surface area contributed by atoms with Crippen molar-refractivity contribution in [3.8, 4) is 0 Å². The van der Waals surface area contributed by atoms with Crippen LogP contribution < -0.4 is 10.5 Å². The summed E-state index contributed by atoms with van der Waals surface area (Å²) in [7, 11) is -4.21. The molecule has 2 unspecified atom stereocenters. The average Bonchev–Trinajstić information content (AvgIpc) is 2.91. The number of sulfonamides is 1. The Morgan fingerprint density at radius 3 is 2.81 bits per heavy atom. The summed E-state index contributed by atoms with van der Waals surface area (Å²) in [4.78, 5) is 11.4. The van der Waals surface area contributed by atoms with Gasteiger partial charge >= 0.3 is 0 Å². The third-order valence-corrected chi connectivity index (χ3v) is 4.46. The quantitative estimate of drug-likeness (QED) is 0.851. The van der Waals surface area contributed by atoms with Crippen LogP contribution in [-0.2, 0) is 14.8 Å². The Bertz CT molecular complexity index is 642. The van der Waals surface area contributed by atoms with Gasteiger partial charge in [-0.2, -0.15) is 0 Å². The molecule has 1 amide bonds. The van der Waals surface area contributed by atoms with Gasteiger partial charge in [-0.25, -0.2) is 17.9 Å². The van der Waals surface area contributed by atoms with Crippen LogP contribution in [0.1, 0.15) is 23.7 Å². The highest BCUT2D eigenvalue weighted by molar-refractivity contribution is 7.89. The minimum absolute atomic E-state index is 0.0474. The number of benzene rings is 1. The van der Waals surface area contributed by atoms with Crippen molar-refractivity contribution in [2.75, 3.05) is 13.2 Å². The molecule has 0 aromatic heterocycles. The number of nitrogens with one attached hydrogen (secondary N) is 1. The standard InChI is InChI=1S/C13H17FN2O4S/c1-8(10-4-5-20-7-10)16-13(17)9-2-3-11(14)12(6-9)21(15,18)19/h2-3,6,8,10H,4-5,7H2,1H3,(H,16,17)(H2,15,18,19). The monoisotopic (exact) mass is 316 g/mol. The maximum atomic E-state index is 13.4. The summed E-state index contributed by atoms with van der Waals surface area (Å²) in [5.41, 5.74) is 0.0474. The van der Waals surface area contributed by atoms with Crippen molar-refractivity contribution in [2.24, 2.45) is 11.1 Å². The van der Waals surface area contributed by atoms with Crippen LogP contribution >= 0.6 is 0 Å². The number of carbonyl (C=O) groups excluding carboxylic acids is 1. The van der Waals surface area contributed by atoms with E-state index in [4.69, 9.17) is 9.88 Å². The Kier molecular flexibility index (Phi) is 4.60. The van der Waals surface area contributed by atoms with E-state index in [0.29, 0.717) is 13.2 Å². The van der Waals surface area contributed by atoms with Crippen molar-refractivity contribution in [1.82, 2.24) is 5.32 Å². The van der Waals surface area contributed by atoms with E-state index in [1.54, 1.807) is 0 Å². The first-order valence-corrected chi connectivity index (χ1v) is 8.04. The molecule has 8 heteroatoms. The molecule has 0 aliphatic carbocycles. The third-order valence-electron chi connectivity index (χ3n) is 3.53. The van der Waals surface area contributed by atoms with E-state index in [-0.39, 0.29) is 17.5 Å². The molecule has 1 fully saturated rings. The zero-order valence-electron chi connectivity index (χ0n) is 11.5. The number of ether oxygens (including phenoxy) is 1. The number of carbonyl (C=O) groups is 1. The highest BCUT2D eigenvalue weighted by Crippen LogP contribution is 2.18. The van der Waals surface area contributed by atoms with Crippen LogP contribution in [0.25, 0.3) is 0 Å². The summed E-state index contributed by atoms with van der Waals surface area (Å²) in [6.45, 7) is 3.09. The average molecular weight is 316 g/mol. The number of hydrogen-bond donors (Lipinski definition) is 2. The summed E-state index contributed by atoms with van der Waals surface area (Å²) in [5, 5.41) is 7.67. The van der Waals surface area contributed by atoms with Gasteiger partial charge in [0.05, 0.1) is 6.61 Å². The van der Waals surface area contributed by atoms with Crippen molar-refractivity contribution in [3.63, 3.8) is 0 Å². The van der Waals surface area contributed by atoms with Crippen LogP contribution in [0.15, 0.2) is 23.1 Å². The fourth-order valence-corrected chi connectivity index (χ4v) is 2.85. The van der Waals surface area contributed by atoms with Crippen molar-refractivity contribution >= 4 is 15.9 Å². The van der Waals surface area contributed by atoms with Crippen molar-refractivity contribution in [1.29, 1.82) is 0 Å². The molecule has 2 atom stereocenters. The number of hydrogen-bond acceptors (Lipinski definition) is 4. The van der Waals surface area contributed by atoms with Crippen LogP contribution in [0.3, 0.4) is 0 Å². The zero-order valence-corrected chi connectivity index (χ0v) is 12.3. The van der Waals surface area contributed by atoms with E-state index in [1.807, 2.05) is 6.92 Å². The molecule has 1 saturated heterocycles. The minimum atomic E-state index is -4.21. The number of rotatable bonds is 4. The molecule has 0 radical (unpaired) electrons. The normalized spacial score (nSPS) is 20.2. The molecule has 0 bridgehead atoms. The molecule has 6 nitrogen and oxygen atoms in total. The lowest BCUT2D eigenvalue weighted by atomic mass is 10.0. The van der Waals surface area contributed by atoms with Gasteiger partial charge < -0.3 is 10.1 Å². The number of amides is 1. The third kappa shape index (κ3) is 3.78. The van der Waals surface area contributed by atoms with Gasteiger partial charge in [0.2, 0.25) is 10.0 Å². The number of nitrogens with two attached hydrogens (primary N) is 1. The van der Waals surface area contributed by atoms with Gasteiger partial charge in [-0.15, -0.1) is 0 Å². The maximum absolute atomic E-state index is 13.4. The van der Waals surface area contributed by atoms with Crippen molar-refractivity contribution in [2.45, 2.75) is 24.3 Å². The molecule has 116 valence electrons. The van der Waals surface area contributed by atoms with E-state index >= 15 is 0 Å². The summed E-state index contributed by atoms with van der Waals surface area (Å²) in [6.07, 6.45) is 0.854. The fraction of sp³-hybridized carbons (Fsp3) is 0.462. The zero-order chi connectivity index (χ0) is 15.6. The lowest BCUT2D eigenvalue weighted by molar-refractivity contribution is 0.0922. The smallest absolute Gasteiger partial charge is 0.251 e. The Labute approximate surface area is 122 Å². The molecule has 21 heavy (non-hydrogen) atoms. The SMILES string of the molecule is CC(NC(=O)c1ccc(F)c(S(N)(=O)=O)c1)C1CCOC1. The van der Waals surface area contributed by atoms with Gasteiger partial charge in [-0.3, -0.25) is 4.79 Å². The second kappa shape index (κ2) is 6.08. The predicted octanol–water partition coefficient (Wildman–Crippen LogP) is 0.628. The van der Waals surface area contributed by atoms with Crippen molar-refractivity contribution < 1.29 is 22.3 Å². The highest BCUT2D eigenvalue weighted by Gasteiger charge is 2.24. The van der Waals surface area contributed by atoms with Gasteiger partial charge in [0, 0.05) is 24.1 Å². The van der Waals surface area contributed by atoms with Gasteiger partial charge in [-0.05, 0) is 31.5 Å². The van der Waals surface area contributed by atoms with E-state index in [9.17, 15) is 17.6 Å². The Hall–Kier alpha value is -1.51. The lowest BCUT2D eigenvalue weighted by Crippen LogP contribution is -2.38. The Balaban J connectivity index is 2.16. The first-order valence-electron chi connectivity index (χ1n) is 6.50. The highest BCUT2D eigenvalue weighted by atomic mass is 32.2. The summed E-state index contributed by atoms with van der Waals surface area (Å²) in [5.74, 6) is -1.24. The van der Waals surface area contributed by atoms with E-state index in [0.717, 1.165) is 18.6 Å². The predicted molar refractivity (Wildman–Crippen MR) is 73.6 cm³/mol. The topological polar surface area (TPSA) is 98.5 Å².